The number of carbonyl (C=O) groups excluding carboxylic acids is 1. The zero-order valence-corrected chi connectivity index (χ0v) is 10.8. The summed E-state index contributed by atoms with van der Waals surface area (Å²) >= 11 is 0. The fraction of sp³-hybridized carbons (Fsp3) is 0.500. The monoisotopic (exact) mass is 266 g/mol. The maximum atomic E-state index is 11.0. The van der Waals surface area contributed by atoms with Gasteiger partial charge in [0.05, 0.1) is 19.1 Å². The lowest BCUT2D eigenvalue weighted by Gasteiger charge is -2.20. The van der Waals surface area contributed by atoms with Crippen molar-refractivity contribution in [3.05, 3.63) is 35.9 Å². The van der Waals surface area contributed by atoms with Gasteiger partial charge in [-0.2, -0.15) is 0 Å². The Bertz CT molecular complexity index is 394. The van der Waals surface area contributed by atoms with Gasteiger partial charge in [-0.05, 0) is 5.56 Å². The second kappa shape index (κ2) is 6.77. The highest BCUT2D eigenvalue weighted by Crippen LogP contribution is 2.29. The minimum absolute atomic E-state index is 0.150. The summed E-state index contributed by atoms with van der Waals surface area (Å²) in [5.41, 5.74) is 1.00. The van der Waals surface area contributed by atoms with Crippen LogP contribution in [0.15, 0.2) is 30.3 Å². The van der Waals surface area contributed by atoms with E-state index < -0.39 is 18.5 Å². The van der Waals surface area contributed by atoms with Gasteiger partial charge in [-0.25, -0.2) is 0 Å². The fourth-order valence-corrected chi connectivity index (χ4v) is 2.25. The Morgan fingerprint density at radius 2 is 2.11 bits per heavy atom. The van der Waals surface area contributed by atoms with E-state index in [2.05, 4.69) is 0 Å². The Kier molecular flexibility index (Phi) is 5.04. The van der Waals surface area contributed by atoms with E-state index in [9.17, 15) is 9.90 Å². The van der Waals surface area contributed by atoms with Gasteiger partial charge in [0.2, 0.25) is 0 Å². The molecular weight excluding hydrogens is 248 g/mol. The average molecular weight is 266 g/mol. The van der Waals surface area contributed by atoms with Gasteiger partial charge in [0.1, 0.15) is 12.2 Å². The van der Waals surface area contributed by atoms with E-state index in [1.807, 2.05) is 30.3 Å². The molecule has 2 rings (SSSR count). The summed E-state index contributed by atoms with van der Waals surface area (Å²) in [5.74, 6) is -0.357. The van der Waals surface area contributed by atoms with Crippen LogP contribution < -0.4 is 0 Å². The molecule has 0 radical (unpaired) electrons. The molecule has 4 unspecified atom stereocenters. The molecule has 5 heteroatoms. The minimum Gasteiger partial charge on any atom is -0.396 e. The molecule has 0 aromatic heterocycles. The molecule has 0 saturated carbocycles. The van der Waals surface area contributed by atoms with Gasteiger partial charge in [-0.15, -0.1) is 0 Å². The highest BCUT2D eigenvalue weighted by atomic mass is 16.7. The van der Waals surface area contributed by atoms with Gasteiger partial charge in [-0.3, -0.25) is 0 Å². The van der Waals surface area contributed by atoms with Crippen LogP contribution in [0.2, 0.25) is 0 Å². The number of ether oxygens (including phenoxy) is 3. The van der Waals surface area contributed by atoms with Crippen LogP contribution in [-0.2, 0) is 25.6 Å². The molecule has 0 bridgehead atoms. The number of aliphatic hydroxyl groups is 1. The molecule has 1 fully saturated rings. The molecule has 0 amide bonds. The largest absolute Gasteiger partial charge is 0.396 e. The molecule has 0 aliphatic carbocycles. The Labute approximate surface area is 112 Å². The second-order valence-corrected chi connectivity index (χ2v) is 4.45. The number of aliphatic hydroxyl groups excluding tert-OH is 1. The summed E-state index contributed by atoms with van der Waals surface area (Å²) in [5, 5.41) is 9.39. The minimum atomic E-state index is -0.703. The summed E-state index contributed by atoms with van der Waals surface area (Å²) in [7, 11) is 1.48. The van der Waals surface area contributed by atoms with Gasteiger partial charge in [0, 0.05) is 7.11 Å². The Morgan fingerprint density at radius 3 is 2.68 bits per heavy atom. The van der Waals surface area contributed by atoms with Crippen molar-refractivity contribution >= 4 is 6.29 Å². The number of aldehydes is 1. The SMILES string of the molecule is COC1OC(C=O)C(OCc2ccccc2)C1CO. The van der Waals surface area contributed by atoms with Gasteiger partial charge < -0.3 is 24.1 Å². The van der Waals surface area contributed by atoms with Crippen molar-refractivity contribution < 1.29 is 24.1 Å². The first-order valence-electron chi connectivity index (χ1n) is 6.20. The zero-order chi connectivity index (χ0) is 13.7. The van der Waals surface area contributed by atoms with E-state index in [0.717, 1.165) is 5.56 Å². The summed E-state index contributed by atoms with van der Waals surface area (Å²) < 4.78 is 16.2. The lowest BCUT2D eigenvalue weighted by Crippen LogP contribution is -2.34. The first kappa shape index (κ1) is 14.1. The van der Waals surface area contributed by atoms with E-state index in [0.29, 0.717) is 12.9 Å². The highest BCUT2D eigenvalue weighted by Gasteiger charge is 2.45. The van der Waals surface area contributed by atoms with Gasteiger partial charge in [-0.1, -0.05) is 30.3 Å². The third kappa shape index (κ3) is 3.19. The van der Waals surface area contributed by atoms with Crippen LogP contribution in [0.5, 0.6) is 0 Å². The maximum Gasteiger partial charge on any atom is 0.165 e. The third-order valence-corrected chi connectivity index (χ3v) is 3.25. The van der Waals surface area contributed by atoms with Crippen LogP contribution in [0, 0.1) is 5.92 Å². The van der Waals surface area contributed by atoms with Crippen LogP contribution in [0.1, 0.15) is 5.56 Å². The van der Waals surface area contributed by atoms with Crippen LogP contribution in [0.25, 0.3) is 0 Å². The molecule has 5 nitrogen and oxygen atoms in total. The van der Waals surface area contributed by atoms with E-state index in [1.165, 1.54) is 7.11 Å². The molecule has 1 saturated heterocycles. The Hall–Kier alpha value is -1.27. The molecule has 1 N–H and O–H groups in total. The number of methoxy groups -OCH3 is 1. The molecule has 1 heterocycles. The quantitative estimate of drug-likeness (QED) is 0.770. The smallest absolute Gasteiger partial charge is 0.165 e. The summed E-state index contributed by atoms with van der Waals surface area (Å²) in [4.78, 5) is 11.0. The van der Waals surface area contributed by atoms with Gasteiger partial charge in [0.25, 0.3) is 0 Å². The van der Waals surface area contributed by atoms with Crippen molar-refractivity contribution in [3.8, 4) is 0 Å². The third-order valence-electron chi connectivity index (χ3n) is 3.25. The number of hydrogen-bond acceptors (Lipinski definition) is 5. The van der Waals surface area contributed by atoms with Gasteiger partial charge in [0.15, 0.2) is 12.6 Å². The van der Waals surface area contributed by atoms with E-state index >= 15 is 0 Å². The first-order valence-corrected chi connectivity index (χ1v) is 6.20. The van der Waals surface area contributed by atoms with E-state index in [1.54, 1.807) is 0 Å². The average Bonchev–Trinajstić information content (AvgIpc) is 2.83. The van der Waals surface area contributed by atoms with Crippen LogP contribution >= 0.6 is 0 Å². The van der Waals surface area contributed by atoms with Crippen LogP contribution in [0.3, 0.4) is 0 Å². The van der Waals surface area contributed by atoms with Crippen molar-refractivity contribution in [2.75, 3.05) is 13.7 Å². The number of carbonyl (C=O) groups is 1. The number of benzene rings is 1. The van der Waals surface area contributed by atoms with Gasteiger partial charge >= 0.3 is 0 Å². The lowest BCUT2D eigenvalue weighted by atomic mass is 10.0. The molecule has 19 heavy (non-hydrogen) atoms. The predicted molar refractivity (Wildman–Crippen MR) is 67.3 cm³/mol. The lowest BCUT2D eigenvalue weighted by molar-refractivity contribution is -0.146. The summed E-state index contributed by atoms with van der Waals surface area (Å²) in [6, 6.07) is 9.64. The second-order valence-electron chi connectivity index (χ2n) is 4.45. The number of rotatable bonds is 6. The standard InChI is InChI=1S/C14H18O5/c1-17-14-11(7-15)13(12(8-16)19-14)18-9-10-5-3-2-4-6-10/h2-6,8,11-15H,7,9H2,1H3. The van der Waals surface area contributed by atoms with Crippen molar-refractivity contribution in [1.82, 2.24) is 0 Å². The van der Waals surface area contributed by atoms with Crippen molar-refractivity contribution in [2.24, 2.45) is 5.92 Å². The van der Waals surface area contributed by atoms with Crippen LogP contribution in [0.4, 0.5) is 0 Å². The Balaban J connectivity index is 2.01. The maximum absolute atomic E-state index is 11.0. The normalized spacial score (nSPS) is 30.4. The molecule has 1 aliphatic rings. The molecule has 1 aliphatic heterocycles. The van der Waals surface area contributed by atoms with Crippen LogP contribution in [-0.4, -0.2) is 43.6 Å². The molecule has 1 aromatic rings. The van der Waals surface area contributed by atoms with E-state index in [4.69, 9.17) is 14.2 Å². The van der Waals surface area contributed by atoms with Crippen molar-refractivity contribution in [1.29, 1.82) is 0 Å². The summed E-state index contributed by atoms with van der Waals surface area (Å²) in [6.45, 7) is 0.217. The number of hydrogen-bond donors (Lipinski definition) is 1. The molecule has 4 atom stereocenters. The van der Waals surface area contributed by atoms with Crippen molar-refractivity contribution in [2.45, 2.75) is 25.1 Å². The highest BCUT2D eigenvalue weighted by molar-refractivity contribution is 5.58. The molecule has 104 valence electrons. The molecular formula is C14H18O5. The topological polar surface area (TPSA) is 65.0 Å². The first-order chi connectivity index (χ1) is 9.30. The van der Waals surface area contributed by atoms with E-state index in [-0.39, 0.29) is 12.5 Å². The Morgan fingerprint density at radius 1 is 1.37 bits per heavy atom. The zero-order valence-electron chi connectivity index (χ0n) is 10.8. The molecule has 0 spiro atoms. The molecule has 1 aromatic carbocycles. The predicted octanol–water partition coefficient (Wildman–Crippen LogP) is 0.750. The summed E-state index contributed by atoms with van der Waals surface area (Å²) in [6.07, 6.45) is -1.11. The van der Waals surface area contributed by atoms with Crippen molar-refractivity contribution in [3.63, 3.8) is 0 Å². The fourth-order valence-electron chi connectivity index (χ4n) is 2.25.